The van der Waals surface area contributed by atoms with Crippen molar-refractivity contribution in [3.05, 3.63) is 132 Å². The van der Waals surface area contributed by atoms with Crippen LogP contribution in [-0.4, -0.2) is 5.43 Å². The summed E-state index contributed by atoms with van der Waals surface area (Å²) in [5, 5.41) is 5.33. The molecule has 0 atom stereocenters. The molecule has 0 spiro atoms. The van der Waals surface area contributed by atoms with Crippen LogP contribution in [0, 0.1) is 13.8 Å². The average molecular weight is 631 g/mol. The van der Waals surface area contributed by atoms with Gasteiger partial charge in [0.05, 0.1) is 0 Å². The number of hydrogen-bond acceptors (Lipinski definition) is 0. The largest absolute Gasteiger partial charge is 1.00 e. The molecule has 6 rings (SSSR count). The number of hydrogen-bond donors (Lipinski definition) is 0. The quantitative estimate of drug-likeness (QED) is 0.202. The van der Waals surface area contributed by atoms with Crippen molar-refractivity contribution < 1.29 is 48.1 Å². The molecule has 0 amide bonds. The van der Waals surface area contributed by atoms with E-state index in [0.717, 1.165) is 0 Å². The van der Waals surface area contributed by atoms with Gasteiger partial charge in [-0.05, 0) is 22.3 Å². The minimum Gasteiger partial charge on any atom is -1.00 e. The molecule has 0 aliphatic rings. The van der Waals surface area contributed by atoms with E-state index in [2.05, 4.69) is 148 Å². The van der Waals surface area contributed by atoms with E-state index in [1.165, 1.54) is 54.9 Å². The summed E-state index contributed by atoms with van der Waals surface area (Å²) in [6, 6.07) is 43.2. The molecule has 0 aromatic heterocycles. The molecule has 0 nitrogen and oxygen atoms in total. The van der Waals surface area contributed by atoms with Crippen LogP contribution < -0.4 is 24.8 Å². The van der Waals surface area contributed by atoms with Crippen LogP contribution in [-0.2, 0) is 23.3 Å². The molecule has 38 heavy (non-hydrogen) atoms. The van der Waals surface area contributed by atoms with Crippen LogP contribution in [0.25, 0.3) is 43.8 Å². The molecule has 0 fully saturated rings. The van der Waals surface area contributed by atoms with E-state index in [1.807, 2.05) is 0 Å². The summed E-state index contributed by atoms with van der Waals surface area (Å²) in [5.74, 6) is 0. The van der Waals surface area contributed by atoms with Gasteiger partial charge in [-0.2, -0.15) is 12.1 Å². The molecular formula is C34H32Cl2SiZr-2. The summed E-state index contributed by atoms with van der Waals surface area (Å²) < 4.78 is 0. The van der Waals surface area contributed by atoms with Gasteiger partial charge in [0.1, 0.15) is 0 Å². The van der Waals surface area contributed by atoms with E-state index < -0.39 is 0 Å². The molecule has 0 heterocycles. The van der Waals surface area contributed by atoms with Crippen LogP contribution in [0.1, 0.15) is 11.1 Å². The Hall–Kier alpha value is -2.22. The van der Waals surface area contributed by atoms with Gasteiger partial charge in [-0.15, -0.1) is 56.9 Å². The molecule has 0 aliphatic heterocycles. The van der Waals surface area contributed by atoms with Crippen LogP contribution >= 0.6 is 0 Å². The van der Waals surface area contributed by atoms with Crippen molar-refractivity contribution in [2.24, 2.45) is 0 Å². The van der Waals surface area contributed by atoms with Crippen molar-refractivity contribution >= 4 is 27.0 Å². The molecule has 0 saturated heterocycles. The van der Waals surface area contributed by atoms with Crippen molar-refractivity contribution in [1.82, 2.24) is 0 Å². The first-order valence-corrected chi connectivity index (χ1v) is 18.5. The minimum absolute atomic E-state index is 0. The molecule has 6 aromatic rings. The average Bonchev–Trinajstić information content (AvgIpc) is 3.44. The maximum atomic E-state index is 2.31. The van der Waals surface area contributed by atoms with Gasteiger partial charge in [0.25, 0.3) is 0 Å². The van der Waals surface area contributed by atoms with E-state index in [4.69, 9.17) is 0 Å². The first-order valence-electron chi connectivity index (χ1n) is 12.4. The number of halogens is 2. The fourth-order valence-electron chi connectivity index (χ4n) is 4.35. The Labute approximate surface area is 255 Å². The Kier molecular flexibility index (Phi) is 13.0. The maximum Gasteiger partial charge on any atom is -0.0200 e. The van der Waals surface area contributed by atoms with E-state index in [-0.39, 0.29) is 30.2 Å². The summed E-state index contributed by atoms with van der Waals surface area (Å²) in [4.78, 5) is 0. The Balaban J connectivity index is 0.000000224. The van der Waals surface area contributed by atoms with Gasteiger partial charge in [0.15, 0.2) is 0 Å². The van der Waals surface area contributed by atoms with Crippen molar-refractivity contribution in [2.45, 2.75) is 26.9 Å². The third-order valence-corrected chi connectivity index (χ3v) is 5.92. The molecule has 0 N–H and O–H groups in total. The van der Waals surface area contributed by atoms with E-state index in [1.54, 1.807) is 23.3 Å². The van der Waals surface area contributed by atoms with Crippen LogP contribution in [0.4, 0.5) is 0 Å². The number of fused-ring (bicyclic) bond motifs is 2. The SMILES string of the molecule is C[Si](C)=[Zr+2].Cc1cc2cc(-c3ccccc3)ccc2[cH-]1.Cc1cc2cc(-c3ccccc3)ccc2[cH-]1.[Cl-].[Cl-]. The van der Waals surface area contributed by atoms with E-state index in [0.29, 0.717) is 0 Å². The normalized spacial score (nSPS) is 9.84. The third-order valence-electron chi connectivity index (χ3n) is 5.92. The van der Waals surface area contributed by atoms with Gasteiger partial charge in [0, 0.05) is 0 Å². The van der Waals surface area contributed by atoms with E-state index >= 15 is 0 Å². The summed E-state index contributed by atoms with van der Waals surface area (Å²) in [5.41, 5.74) is 8.02. The second-order valence-corrected chi connectivity index (χ2v) is 18.9. The van der Waals surface area contributed by atoms with E-state index in [9.17, 15) is 0 Å². The van der Waals surface area contributed by atoms with Gasteiger partial charge in [0.2, 0.25) is 0 Å². The number of aryl methyl sites for hydroxylation is 2. The molecule has 0 saturated carbocycles. The fourth-order valence-corrected chi connectivity index (χ4v) is 4.35. The third kappa shape index (κ3) is 8.92. The predicted octanol–water partition coefficient (Wildman–Crippen LogP) is 3.86. The summed E-state index contributed by atoms with van der Waals surface area (Å²) in [6.45, 7) is 8.90. The topological polar surface area (TPSA) is 0 Å². The standard InChI is InChI=1S/2C16H13.C2H6Si.2ClH.Zr/c2*1-12-9-14-7-8-15(11-16(14)10-12)13-5-3-2-4-6-13;1-3-2;;;/h2*2-11H,1H3;1-2H3;2*1H;/q2*-1;;;;+2/p-2. The number of rotatable bonds is 2. The molecule has 192 valence electrons. The van der Waals surface area contributed by atoms with Crippen LogP contribution in [0.15, 0.2) is 121 Å². The van der Waals surface area contributed by atoms with Crippen LogP contribution in [0.2, 0.25) is 13.1 Å². The Morgan fingerprint density at radius 3 is 1.18 bits per heavy atom. The zero-order valence-corrected chi connectivity index (χ0v) is 27.3. The Morgan fingerprint density at radius 1 is 0.500 bits per heavy atom. The summed E-state index contributed by atoms with van der Waals surface area (Å²) >= 11 is 1.74. The van der Waals surface area contributed by atoms with Crippen LogP contribution in [0.3, 0.4) is 0 Å². The van der Waals surface area contributed by atoms with Gasteiger partial charge in [-0.25, -0.2) is 0 Å². The molecule has 0 bridgehead atoms. The van der Waals surface area contributed by atoms with Gasteiger partial charge >= 0.3 is 41.9 Å². The number of benzene rings is 4. The zero-order chi connectivity index (χ0) is 25.5. The second kappa shape index (κ2) is 15.4. The van der Waals surface area contributed by atoms with Crippen molar-refractivity contribution in [3.63, 3.8) is 0 Å². The fraction of sp³-hybridized carbons (Fsp3) is 0.118. The predicted molar refractivity (Wildman–Crippen MR) is 157 cm³/mol. The summed E-state index contributed by atoms with van der Waals surface area (Å²) in [6.07, 6.45) is 0. The van der Waals surface area contributed by atoms with Gasteiger partial charge in [-0.1, -0.05) is 98.8 Å². The first kappa shape index (κ1) is 32.0. The maximum absolute atomic E-state index is 2.31. The Bertz CT molecular complexity index is 1460. The van der Waals surface area contributed by atoms with Crippen molar-refractivity contribution in [2.75, 3.05) is 0 Å². The first-order chi connectivity index (χ1) is 17.4. The Morgan fingerprint density at radius 2 is 0.842 bits per heavy atom. The minimum atomic E-state index is 0. The smallest absolute Gasteiger partial charge is 0.0200 e. The summed E-state index contributed by atoms with van der Waals surface area (Å²) in [7, 11) is 0. The van der Waals surface area contributed by atoms with Gasteiger partial charge in [-0.3, -0.25) is 0 Å². The molecule has 6 aromatic carbocycles. The zero-order valence-electron chi connectivity index (χ0n) is 22.3. The van der Waals surface area contributed by atoms with Crippen molar-refractivity contribution in [1.29, 1.82) is 0 Å². The molecule has 4 heteroatoms. The van der Waals surface area contributed by atoms with Gasteiger partial charge < -0.3 is 24.8 Å². The monoisotopic (exact) mass is 628 g/mol. The molecule has 0 aliphatic carbocycles. The van der Waals surface area contributed by atoms with Crippen LogP contribution in [0.5, 0.6) is 0 Å². The van der Waals surface area contributed by atoms with Crippen molar-refractivity contribution in [3.8, 4) is 22.3 Å². The molecule has 0 unspecified atom stereocenters. The second-order valence-electron chi connectivity index (χ2n) is 9.48. The molecular weight excluding hydrogens is 599 g/mol. The molecule has 0 radical (unpaired) electrons.